The topological polar surface area (TPSA) is 101 Å². The van der Waals surface area contributed by atoms with Gasteiger partial charge in [0.1, 0.15) is 11.4 Å². The van der Waals surface area contributed by atoms with E-state index in [-0.39, 0.29) is 29.4 Å². The molecule has 0 fully saturated rings. The summed E-state index contributed by atoms with van der Waals surface area (Å²) in [7, 11) is 0. The quantitative estimate of drug-likeness (QED) is 0.771. The van der Waals surface area contributed by atoms with E-state index in [0.29, 0.717) is 18.1 Å². The molecule has 0 aliphatic rings. The van der Waals surface area contributed by atoms with E-state index in [4.69, 9.17) is 5.73 Å². The van der Waals surface area contributed by atoms with Gasteiger partial charge in [0.15, 0.2) is 0 Å². The maximum Gasteiger partial charge on any atom is 0.264 e. The maximum absolute atomic E-state index is 12.0. The van der Waals surface area contributed by atoms with Gasteiger partial charge >= 0.3 is 0 Å². The van der Waals surface area contributed by atoms with E-state index in [1.807, 2.05) is 20.8 Å². The molecular formula is C13H23ClN4O2. The number of nitrogens with two attached hydrogens (primary N) is 1. The minimum Gasteiger partial charge on any atom is -0.348 e. The Morgan fingerprint density at radius 1 is 1.45 bits per heavy atom. The molecule has 1 aromatic heterocycles. The zero-order valence-corrected chi connectivity index (χ0v) is 13.4. The van der Waals surface area contributed by atoms with Gasteiger partial charge in [0, 0.05) is 18.0 Å². The molecule has 1 aromatic rings. The van der Waals surface area contributed by atoms with Crippen molar-refractivity contribution in [2.24, 2.45) is 5.73 Å². The SMILES string of the molecule is Cc1nc(C(C)(C)C)[nH]c(=O)c1C(=O)N[C@@H](C)CN.Cl. The number of rotatable bonds is 3. The molecule has 4 N–H and O–H groups in total. The molecule has 1 heterocycles. The number of halogens is 1. The van der Waals surface area contributed by atoms with Crippen LogP contribution in [0.4, 0.5) is 0 Å². The van der Waals surface area contributed by atoms with Crippen molar-refractivity contribution in [2.75, 3.05) is 6.54 Å². The number of aromatic nitrogens is 2. The van der Waals surface area contributed by atoms with Crippen molar-refractivity contribution in [3.63, 3.8) is 0 Å². The van der Waals surface area contributed by atoms with Crippen LogP contribution in [-0.2, 0) is 5.41 Å². The number of hydrogen-bond donors (Lipinski definition) is 3. The highest BCUT2D eigenvalue weighted by atomic mass is 35.5. The number of H-pyrrole nitrogens is 1. The van der Waals surface area contributed by atoms with Gasteiger partial charge in [-0.25, -0.2) is 4.98 Å². The van der Waals surface area contributed by atoms with Crippen molar-refractivity contribution in [1.82, 2.24) is 15.3 Å². The Morgan fingerprint density at radius 2 is 2.00 bits per heavy atom. The van der Waals surface area contributed by atoms with Gasteiger partial charge in [-0.05, 0) is 13.8 Å². The second-order valence-corrected chi connectivity index (χ2v) is 5.74. The fourth-order valence-electron chi connectivity index (χ4n) is 1.56. The van der Waals surface area contributed by atoms with Gasteiger partial charge in [-0.2, -0.15) is 0 Å². The number of nitrogens with zero attached hydrogens (tertiary/aromatic N) is 1. The standard InChI is InChI=1S/C13H22N4O2.ClH/c1-7(6-14)15-10(18)9-8(2)16-12(13(3,4)5)17-11(9)19;/h7H,6,14H2,1-5H3,(H,15,18)(H,16,17,19);1H/t7-;/m0./s1. The number of nitrogens with one attached hydrogen (secondary N) is 2. The predicted octanol–water partition coefficient (Wildman–Crippen LogP) is 0.875. The lowest BCUT2D eigenvalue weighted by Gasteiger charge is -2.18. The molecule has 0 aliphatic carbocycles. The molecule has 0 unspecified atom stereocenters. The molecule has 1 amide bonds. The lowest BCUT2D eigenvalue weighted by molar-refractivity contribution is 0.0938. The molecule has 0 radical (unpaired) electrons. The Labute approximate surface area is 125 Å². The number of carbonyl (C=O) groups excluding carboxylic acids is 1. The first-order valence-corrected chi connectivity index (χ1v) is 6.29. The van der Waals surface area contributed by atoms with Gasteiger partial charge in [-0.15, -0.1) is 12.4 Å². The number of aryl methyl sites for hydroxylation is 1. The highest BCUT2D eigenvalue weighted by Crippen LogP contribution is 2.17. The smallest absolute Gasteiger partial charge is 0.264 e. The van der Waals surface area contributed by atoms with Gasteiger partial charge in [0.25, 0.3) is 11.5 Å². The van der Waals surface area contributed by atoms with Crippen LogP contribution in [0.5, 0.6) is 0 Å². The number of hydrogen-bond acceptors (Lipinski definition) is 4. The van der Waals surface area contributed by atoms with E-state index in [9.17, 15) is 9.59 Å². The Kier molecular flexibility index (Phi) is 6.37. The normalized spacial score (nSPS) is 12.5. The van der Waals surface area contributed by atoms with E-state index in [2.05, 4.69) is 15.3 Å². The third-order valence-corrected chi connectivity index (χ3v) is 2.77. The van der Waals surface area contributed by atoms with Crippen molar-refractivity contribution >= 4 is 18.3 Å². The fourth-order valence-corrected chi connectivity index (χ4v) is 1.56. The zero-order valence-electron chi connectivity index (χ0n) is 12.5. The summed E-state index contributed by atoms with van der Waals surface area (Å²) < 4.78 is 0. The molecule has 1 atom stereocenters. The van der Waals surface area contributed by atoms with Crippen LogP contribution in [0.15, 0.2) is 4.79 Å². The molecule has 1 rings (SSSR count). The summed E-state index contributed by atoms with van der Waals surface area (Å²) in [4.78, 5) is 31.0. The van der Waals surface area contributed by atoms with Crippen LogP contribution in [0.2, 0.25) is 0 Å². The second-order valence-electron chi connectivity index (χ2n) is 5.74. The first kappa shape index (κ1) is 18.6. The number of amides is 1. The first-order chi connectivity index (χ1) is 8.66. The summed E-state index contributed by atoms with van der Waals surface area (Å²) >= 11 is 0. The molecule has 0 spiro atoms. The average molecular weight is 303 g/mol. The summed E-state index contributed by atoms with van der Waals surface area (Å²) in [6.45, 7) is 9.59. The molecule has 7 heteroatoms. The summed E-state index contributed by atoms with van der Waals surface area (Å²) in [6, 6.07) is -0.186. The van der Waals surface area contributed by atoms with Crippen LogP contribution in [0, 0.1) is 6.92 Å². The lowest BCUT2D eigenvalue weighted by Crippen LogP contribution is -2.41. The van der Waals surface area contributed by atoms with Gasteiger partial charge in [0.05, 0.1) is 5.69 Å². The van der Waals surface area contributed by atoms with Crippen LogP contribution < -0.4 is 16.6 Å². The van der Waals surface area contributed by atoms with E-state index < -0.39 is 11.5 Å². The molecule has 0 saturated carbocycles. The van der Waals surface area contributed by atoms with Crippen molar-refractivity contribution in [3.05, 3.63) is 27.4 Å². The van der Waals surface area contributed by atoms with E-state index in [0.717, 1.165) is 0 Å². The van der Waals surface area contributed by atoms with Gasteiger partial charge in [-0.3, -0.25) is 9.59 Å². The molecule has 114 valence electrons. The molecule has 6 nitrogen and oxygen atoms in total. The van der Waals surface area contributed by atoms with Crippen molar-refractivity contribution in [3.8, 4) is 0 Å². The molecule has 20 heavy (non-hydrogen) atoms. The highest BCUT2D eigenvalue weighted by molar-refractivity contribution is 5.95. The molecule has 0 aromatic carbocycles. The Morgan fingerprint density at radius 3 is 2.40 bits per heavy atom. The van der Waals surface area contributed by atoms with Crippen LogP contribution in [-0.4, -0.2) is 28.5 Å². The monoisotopic (exact) mass is 302 g/mol. The van der Waals surface area contributed by atoms with E-state index in [1.54, 1.807) is 13.8 Å². The largest absolute Gasteiger partial charge is 0.348 e. The Balaban J connectivity index is 0.00000361. The van der Waals surface area contributed by atoms with Crippen molar-refractivity contribution < 1.29 is 4.79 Å². The molecule has 0 aliphatic heterocycles. The number of carbonyl (C=O) groups is 1. The average Bonchev–Trinajstić information content (AvgIpc) is 2.26. The minimum atomic E-state index is -0.440. The van der Waals surface area contributed by atoms with Crippen LogP contribution in [0.1, 0.15) is 49.6 Å². The lowest BCUT2D eigenvalue weighted by atomic mass is 9.95. The maximum atomic E-state index is 12.0. The Bertz CT molecular complexity index is 534. The Hall–Kier alpha value is -1.40. The van der Waals surface area contributed by atoms with Crippen molar-refractivity contribution in [1.29, 1.82) is 0 Å². The molecule has 0 bridgehead atoms. The zero-order chi connectivity index (χ0) is 14.8. The summed E-state index contributed by atoms with van der Waals surface area (Å²) in [5.41, 5.74) is 5.22. The molecular weight excluding hydrogens is 280 g/mol. The van der Waals surface area contributed by atoms with Crippen molar-refractivity contribution in [2.45, 2.75) is 46.1 Å². The minimum absolute atomic E-state index is 0. The highest BCUT2D eigenvalue weighted by Gasteiger charge is 2.22. The van der Waals surface area contributed by atoms with Gasteiger partial charge in [0.2, 0.25) is 0 Å². The van der Waals surface area contributed by atoms with Gasteiger partial charge in [-0.1, -0.05) is 20.8 Å². The van der Waals surface area contributed by atoms with Crippen LogP contribution in [0.25, 0.3) is 0 Å². The number of aromatic amines is 1. The third kappa shape index (κ3) is 4.31. The van der Waals surface area contributed by atoms with Crippen LogP contribution >= 0.6 is 12.4 Å². The second kappa shape index (κ2) is 6.85. The fraction of sp³-hybridized carbons (Fsp3) is 0.615. The third-order valence-electron chi connectivity index (χ3n) is 2.77. The molecule has 0 saturated heterocycles. The van der Waals surface area contributed by atoms with Crippen LogP contribution in [0.3, 0.4) is 0 Å². The summed E-state index contributed by atoms with van der Waals surface area (Å²) in [6.07, 6.45) is 0. The first-order valence-electron chi connectivity index (χ1n) is 6.29. The summed E-state index contributed by atoms with van der Waals surface area (Å²) in [5, 5.41) is 2.66. The summed E-state index contributed by atoms with van der Waals surface area (Å²) in [5.74, 6) is 0.128. The predicted molar refractivity (Wildman–Crippen MR) is 81.5 cm³/mol. The van der Waals surface area contributed by atoms with Gasteiger partial charge < -0.3 is 16.0 Å². The van der Waals surface area contributed by atoms with E-state index >= 15 is 0 Å². The van der Waals surface area contributed by atoms with E-state index in [1.165, 1.54) is 0 Å².